The van der Waals surface area contributed by atoms with E-state index in [-0.39, 0.29) is 47.5 Å². The van der Waals surface area contributed by atoms with Crippen molar-refractivity contribution in [3.8, 4) is 23.0 Å². The number of aryl methyl sites for hydroxylation is 1. The Balaban J connectivity index is 1.90. The first-order valence-corrected chi connectivity index (χ1v) is 14.6. The molecule has 3 aromatic carbocycles. The second-order valence-corrected chi connectivity index (χ2v) is 11.3. The van der Waals surface area contributed by atoms with Crippen LogP contribution in [0.4, 0.5) is 0 Å². The molecular weight excluding hydrogens is 608 g/mol. The Kier molecular flexibility index (Phi) is 8.93. The van der Waals surface area contributed by atoms with Crippen LogP contribution in [0.3, 0.4) is 0 Å². The van der Waals surface area contributed by atoms with Gasteiger partial charge >= 0.3 is 16.1 Å². The number of aliphatic hydroxyl groups excluding tert-OH is 1. The van der Waals surface area contributed by atoms with Crippen molar-refractivity contribution in [2.45, 2.75) is 36.9 Å². The molecule has 0 bridgehead atoms. The number of hydrogen-bond donors (Lipinski definition) is 2. The number of methoxy groups -OCH3 is 1. The van der Waals surface area contributed by atoms with Gasteiger partial charge in [-0.25, -0.2) is 4.79 Å². The zero-order valence-corrected chi connectivity index (χ0v) is 24.5. The number of rotatable bonds is 11. The number of benzene rings is 3. The van der Waals surface area contributed by atoms with Gasteiger partial charge in [0.1, 0.15) is 22.1 Å². The van der Waals surface area contributed by atoms with E-state index in [9.17, 15) is 18.3 Å². The van der Waals surface area contributed by atoms with Crippen molar-refractivity contribution >= 4 is 32.0 Å². The molecule has 4 rings (SSSR count). The minimum Gasteiger partial charge on any atom is -0.497 e. The van der Waals surface area contributed by atoms with E-state index in [4.69, 9.17) is 28.2 Å². The average molecular weight is 638 g/mol. The third-order valence-electron chi connectivity index (χ3n) is 6.20. The summed E-state index contributed by atoms with van der Waals surface area (Å²) < 4.78 is 54.9. The molecule has 1 heterocycles. The second kappa shape index (κ2) is 12.0. The number of ether oxygens (including phenoxy) is 4. The summed E-state index contributed by atoms with van der Waals surface area (Å²) >= 11 is 3.44. The van der Waals surface area contributed by atoms with Crippen molar-refractivity contribution in [3.63, 3.8) is 0 Å². The first kappa shape index (κ1) is 29.7. The Labute approximate surface area is 240 Å². The molecule has 0 unspecified atom stereocenters. The summed E-state index contributed by atoms with van der Waals surface area (Å²) in [4.78, 5) is 13.3. The molecule has 2 atom stereocenters. The SMILES string of the molecule is CCOC(=O)[C@@]1(O)c2c(cc(OCCCO)cc2OS(=O)(=O)c2ccc(C)cc2)O[C@H]1c1ccc(OC)cc1Br. The molecule has 1 aliphatic heterocycles. The molecule has 2 N–H and O–H groups in total. The summed E-state index contributed by atoms with van der Waals surface area (Å²) in [7, 11) is -2.93. The van der Waals surface area contributed by atoms with Crippen molar-refractivity contribution < 1.29 is 46.6 Å². The van der Waals surface area contributed by atoms with Gasteiger partial charge < -0.3 is 33.3 Å². The molecule has 0 aromatic heterocycles. The van der Waals surface area contributed by atoms with Crippen LogP contribution < -0.4 is 18.4 Å². The van der Waals surface area contributed by atoms with Gasteiger partial charge in [-0.3, -0.25) is 0 Å². The summed E-state index contributed by atoms with van der Waals surface area (Å²) in [6, 6.07) is 13.5. The first-order chi connectivity index (χ1) is 19.0. The van der Waals surface area contributed by atoms with Gasteiger partial charge in [-0.1, -0.05) is 39.7 Å². The van der Waals surface area contributed by atoms with Gasteiger partial charge in [0, 0.05) is 35.2 Å². The quantitative estimate of drug-likeness (QED) is 0.179. The van der Waals surface area contributed by atoms with Crippen LogP contribution in [0.25, 0.3) is 0 Å². The number of fused-ring (bicyclic) bond motifs is 1. The summed E-state index contributed by atoms with van der Waals surface area (Å²) in [5, 5.41) is 21.2. The summed E-state index contributed by atoms with van der Waals surface area (Å²) in [5.74, 6) is -0.827. The molecule has 214 valence electrons. The minimum absolute atomic E-state index is 0.0427. The highest BCUT2D eigenvalue weighted by Gasteiger charge is 2.58. The third-order valence-corrected chi connectivity index (χ3v) is 8.14. The number of esters is 1. The summed E-state index contributed by atoms with van der Waals surface area (Å²) in [6.07, 6.45) is -1.05. The molecule has 3 aromatic rings. The van der Waals surface area contributed by atoms with E-state index in [2.05, 4.69) is 15.9 Å². The van der Waals surface area contributed by atoms with Crippen molar-refractivity contribution in [3.05, 3.63) is 75.8 Å². The maximum absolute atomic E-state index is 13.4. The maximum atomic E-state index is 13.4. The van der Waals surface area contributed by atoms with Crippen LogP contribution in [0.1, 0.15) is 36.1 Å². The van der Waals surface area contributed by atoms with Gasteiger partial charge in [-0.15, -0.1) is 0 Å². The van der Waals surface area contributed by atoms with Crippen molar-refractivity contribution in [1.82, 2.24) is 0 Å². The van der Waals surface area contributed by atoms with Crippen LogP contribution in [0.15, 0.2) is 64.0 Å². The lowest BCUT2D eigenvalue weighted by molar-refractivity contribution is -0.174. The molecule has 0 amide bonds. The third kappa shape index (κ3) is 5.75. The second-order valence-electron chi connectivity index (χ2n) is 8.94. The van der Waals surface area contributed by atoms with E-state index in [0.29, 0.717) is 22.2 Å². The van der Waals surface area contributed by atoms with E-state index in [0.717, 1.165) is 5.56 Å². The number of hydrogen-bond acceptors (Lipinski definition) is 10. The molecule has 0 fully saturated rings. The highest BCUT2D eigenvalue weighted by Crippen LogP contribution is 2.56. The lowest BCUT2D eigenvalue weighted by atomic mass is 9.85. The lowest BCUT2D eigenvalue weighted by Crippen LogP contribution is -2.42. The van der Waals surface area contributed by atoms with Crippen LogP contribution in [0.2, 0.25) is 0 Å². The van der Waals surface area contributed by atoms with Crippen LogP contribution in [0.5, 0.6) is 23.0 Å². The fourth-order valence-electron chi connectivity index (χ4n) is 4.24. The van der Waals surface area contributed by atoms with Crippen LogP contribution >= 0.6 is 15.9 Å². The molecular formula is C28H29BrO10S. The highest BCUT2D eigenvalue weighted by molar-refractivity contribution is 9.10. The zero-order chi connectivity index (χ0) is 29.1. The topological polar surface area (TPSA) is 138 Å². The van der Waals surface area contributed by atoms with Crippen molar-refractivity contribution in [1.29, 1.82) is 0 Å². The highest BCUT2D eigenvalue weighted by atomic mass is 79.9. The van der Waals surface area contributed by atoms with E-state index in [1.807, 2.05) is 6.92 Å². The Hall–Kier alpha value is -3.32. The monoisotopic (exact) mass is 636 g/mol. The largest absolute Gasteiger partial charge is 0.497 e. The van der Waals surface area contributed by atoms with Crippen LogP contribution in [0, 0.1) is 6.92 Å². The molecule has 0 saturated heterocycles. The van der Waals surface area contributed by atoms with Gasteiger partial charge in [-0.05, 0) is 38.1 Å². The molecule has 40 heavy (non-hydrogen) atoms. The van der Waals surface area contributed by atoms with Crippen LogP contribution in [-0.4, -0.2) is 51.5 Å². The molecule has 10 nitrogen and oxygen atoms in total. The zero-order valence-electron chi connectivity index (χ0n) is 22.0. The van der Waals surface area contributed by atoms with Crippen molar-refractivity contribution in [2.75, 3.05) is 26.9 Å². The van der Waals surface area contributed by atoms with Gasteiger partial charge in [0.25, 0.3) is 0 Å². The molecule has 0 spiro atoms. The van der Waals surface area contributed by atoms with Crippen molar-refractivity contribution in [2.24, 2.45) is 0 Å². The fourth-order valence-corrected chi connectivity index (χ4v) is 5.74. The van der Waals surface area contributed by atoms with Crippen LogP contribution in [-0.2, 0) is 25.3 Å². The smallest absolute Gasteiger partial charge is 0.347 e. The number of halogens is 1. The predicted molar refractivity (Wildman–Crippen MR) is 147 cm³/mol. The average Bonchev–Trinajstić information content (AvgIpc) is 3.22. The first-order valence-electron chi connectivity index (χ1n) is 12.4. The molecule has 0 aliphatic carbocycles. The van der Waals surface area contributed by atoms with E-state index < -0.39 is 27.8 Å². The predicted octanol–water partition coefficient (Wildman–Crippen LogP) is 4.18. The van der Waals surface area contributed by atoms with E-state index in [1.165, 1.54) is 31.4 Å². The number of carbonyl (C=O) groups is 1. The number of aliphatic hydroxyl groups is 2. The maximum Gasteiger partial charge on any atom is 0.347 e. The van der Waals surface area contributed by atoms with Gasteiger partial charge in [-0.2, -0.15) is 8.42 Å². The standard InChI is InChI=1S/C28H29BrO10S/c1-4-36-27(31)28(32)25-23(38-26(28)21-11-8-18(35-3)14-22(21)29)15-19(37-13-5-12-30)16-24(25)39-40(33,34)20-9-6-17(2)7-10-20/h6-11,14-16,26,30,32H,4-5,12-13H2,1-3H3/t26-,28+/m0/s1. The Morgan fingerprint density at radius 2 is 1.82 bits per heavy atom. The Morgan fingerprint density at radius 3 is 2.45 bits per heavy atom. The molecule has 12 heteroatoms. The molecule has 1 aliphatic rings. The Bertz CT molecular complexity index is 1490. The number of carbonyl (C=O) groups excluding carboxylic acids is 1. The van der Waals surface area contributed by atoms with Gasteiger partial charge in [0.2, 0.25) is 5.60 Å². The summed E-state index contributed by atoms with van der Waals surface area (Å²) in [6.45, 7) is 3.31. The normalized spacial score (nSPS) is 18.0. The summed E-state index contributed by atoms with van der Waals surface area (Å²) in [5.41, 5.74) is -1.53. The lowest BCUT2D eigenvalue weighted by Gasteiger charge is -2.28. The van der Waals surface area contributed by atoms with E-state index in [1.54, 1.807) is 37.3 Å². The fraction of sp³-hybridized carbons (Fsp3) is 0.321. The molecule has 0 saturated carbocycles. The van der Waals surface area contributed by atoms with Gasteiger partial charge in [0.15, 0.2) is 11.9 Å². The van der Waals surface area contributed by atoms with Gasteiger partial charge in [0.05, 0.1) is 25.9 Å². The Morgan fingerprint density at radius 1 is 1.10 bits per heavy atom. The van der Waals surface area contributed by atoms with E-state index >= 15 is 0 Å². The molecule has 0 radical (unpaired) electrons. The minimum atomic E-state index is -4.42.